The van der Waals surface area contributed by atoms with E-state index in [-0.39, 0.29) is 23.5 Å². The molecule has 2 aromatic carbocycles. The van der Waals surface area contributed by atoms with Crippen molar-refractivity contribution in [2.45, 2.75) is 50.9 Å². The summed E-state index contributed by atoms with van der Waals surface area (Å²) in [5, 5.41) is 17.8. The van der Waals surface area contributed by atoms with Crippen LogP contribution in [0.4, 0.5) is 0 Å². The molecule has 1 unspecified atom stereocenters. The van der Waals surface area contributed by atoms with Gasteiger partial charge in [0.2, 0.25) is 0 Å². The summed E-state index contributed by atoms with van der Waals surface area (Å²) in [4.78, 5) is 10.5. The van der Waals surface area contributed by atoms with Gasteiger partial charge >= 0.3 is 5.97 Å². The zero-order valence-electron chi connectivity index (χ0n) is 17.4. The second kappa shape index (κ2) is 8.87. The van der Waals surface area contributed by atoms with Gasteiger partial charge in [0, 0.05) is 30.1 Å². The number of phenols is 1. The number of hydrogen-bond acceptors (Lipinski definition) is 4. The van der Waals surface area contributed by atoms with E-state index >= 15 is 0 Å². The molecule has 29 heavy (non-hydrogen) atoms. The third-order valence-electron chi connectivity index (χ3n) is 5.68. The minimum atomic E-state index is -0.834. The van der Waals surface area contributed by atoms with Crippen LogP contribution >= 0.6 is 0 Å². The Hall–Kier alpha value is -2.53. The predicted octanol–water partition coefficient (Wildman–Crippen LogP) is 4.44. The number of fused-ring (bicyclic) bond motifs is 2. The van der Waals surface area contributed by atoms with E-state index in [1.54, 1.807) is 30.4 Å². The van der Waals surface area contributed by atoms with Crippen LogP contribution in [0.15, 0.2) is 36.4 Å². The average Bonchev–Trinajstić information content (AvgIpc) is 3.28. The summed E-state index contributed by atoms with van der Waals surface area (Å²) >= 11 is 0. The molecule has 1 aliphatic carbocycles. The Kier molecular flexibility index (Phi) is 6.48. The van der Waals surface area contributed by atoms with Crippen molar-refractivity contribution in [3.63, 3.8) is 0 Å². The molecule has 0 amide bonds. The van der Waals surface area contributed by atoms with E-state index in [1.165, 1.54) is 30.9 Å². The van der Waals surface area contributed by atoms with Crippen LogP contribution in [0.1, 0.15) is 54.9 Å². The second-order valence-corrected chi connectivity index (χ2v) is 8.44. The zero-order chi connectivity index (χ0) is 21.0. The predicted molar refractivity (Wildman–Crippen MR) is 112 cm³/mol. The number of ether oxygens (including phenoxy) is 2. The number of carboxylic acid groups (broad SMARTS) is 1. The van der Waals surface area contributed by atoms with Gasteiger partial charge in [-0.2, -0.15) is 0 Å². The fraction of sp³-hybridized carbons (Fsp3) is 0.458. The van der Waals surface area contributed by atoms with E-state index in [1.807, 2.05) is 0 Å². The Balaban J connectivity index is 0.000000166. The fourth-order valence-electron chi connectivity index (χ4n) is 4.34. The molecule has 0 saturated carbocycles. The topological polar surface area (TPSA) is 76.0 Å². The maximum absolute atomic E-state index is 10.5. The molecule has 5 nitrogen and oxygen atoms in total. The van der Waals surface area contributed by atoms with Gasteiger partial charge in [0.1, 0.15) is 11.5 Å². The Morgan fingerprint density at radius 1 is 1.24 bits per heavy atom. The molecule has 1 atom stereocenters. The molecule has 156 valence electrons. The van der Waals surface area contributed by atoms with Crippen molar-refractivity contribution in [1.82, 2.24) is 0 Å². The van der Waals surface area contributed by atoms with E-state index in [0.29, 0.717) is 12.4 Å². The molecule has 2 N–H and O–H groups in total. The quantitative estimate of drug-likeness (QED) is 0.779. The molecule has 2 aliphatic rings. The van der Waals surface area contributed by atoms with Crippen molar-refractivity contribution in [1.29, 1.82) is 0 Å². The first-order valence-electron chi connectivity index (χ1n) is 10.1. The molecule has 0 radical (unpaired) electrons. The summed E-state index contributed by atoms with van der Waals surface area (Å²) in [5.41, 5.74) is 5.63. The minimum absolute atomic E-state index is 0.0672. The first-order chi connectivity index (χ1) is 13.8. The standard InChI is InChI=1S/C14H20O.C10H10O4/c1-14(2,10-15-3)13-9-5-7-11-6-4-8-12(11)13;11-7-1-2-8-6(3-10(12)13)5-14-9(8)4-7/h5,7,9H,4,6,8,10H2,1-3H3;1-2,4,6,11H,3,5H2,(H,12,13). The summed E-state index contributed by atoms with van der Waals surface area (Å²) in [5.74, 6) is -0.196. The molecule has 0 fully saturated rings. The number of carboxylic acids is 1. The van der Waals surface area contributed by atoms with Crippen LogP contribution in [-0.4, -0.2) is 36.5 Å². The number of aliphatic carboxylic acids is 1. The lowest BCUT2D eigenvalue weighted by atomic mass is 9.81. The maximum atomic E-state index is 10.5. The van der Waals surface area contributed by atoms with Crippen LogP contribution in [0, 0.1) is 0 Å². The Morgan fingerprint density at radius 3 is 2.76 bits per heavy atom. The Bertz CT molecular complexity index is 872. The highest BCUT2D eigenvalue weighted by Gasteiger charge is 2.27. The smallest absolute Gasteiger partial charge is 0.304 e. The summed E-state index contributed by atoms with van der Waals surface area (Å²) in [7, 11) is 1.78. The van der Waals surface area contributed by atoms with Gasteiger partial charge < -0.3 is 19.7 Å². The SMILES string of the molecule is COCC(C)(C)c1cccc2c1CCC2.O=C(O)CC1COc2cc(O)ccc21. The van der Waals surface area contributed by atoms with Crippen molar-refractivity contribution in [3.05, 3.63) is 58.7 Å². The number of phenolic OH excluding ortho intramolecular Hbond substituents is 1. The highest BCUT2D eigenvalue weighted by atomic mass is 16.5. The number of benzene rings is 2. The molecule has 5 heteroatoms. The number of aryl methyl sites for hydroxylation is 1. The van der Waals surface area contributed by atoms with Crippen molar-refractivity contribution in [2.24, 2.45) is 0 Å². The zero-order valence-corrected chi connectivity index (χ0v) is 17.4. The number of methoxy groups -OCH3 is 1. The van der Waals surface area contributed by atoms with Crippen molar-refractivity contribution in [3.8, 4) is 11.5 Å². The molecule has 4 rings (SSSR count). The molecule has 1 aliphatic heterocycles. The normalized spacial score (nSPS) is 17.0. The minimum Gasteiger partial charge on any atom is -0.508 e. The molecule has 0 spiro atoms. The molecular weight excluding hydrogens is 368 g/mol. The molecule has 1 heterocycles. The van der Waals surface area contributed by atoms with Crippen LogP contribution in [0.25, 0.3) is 0 Å². The van der Waals surface area contributed by atoms with Gasteiger partial charge in [-0.1, -0.05) is 38.1 Å². The Morgan fingerprint density at radius 2 is 2.03 bits per heavy atom. The summed E-state index contributed by atoms with van der Waals surface area (Å²) in [6.07, 6.45) is 3.89. The number of rotatable bonds is 5. The van der Waals surface area contributed by atoms with Crippen LogP contribution < -0.4 is 4.74 Å². The van der Waals surface area contributed by atoms with Crippen LogP contribution in [-0.2, 0) is 27.8 Å². The Labute approximate surface area is 172 Å². The lowest BCUT2D eigenvalue weighted by Crippen LogP contribution is -2.25. The second-order valence-electron chi connectivity index (χ2n) is 8.44. The monoisotopic (exact) mass is 398 g/mol. The van der Waals surface area contributed by atoms with E-state index < -0.39 is 5.97 Å². The third-order valence-corrected chi connectivity index (χ3v) is 5.68. The average molecular weight is 398 g/mol. The summed E-state index contributed by atoms with van der Waals surface area (Å²) < 4.78 is 10.6. The van der Waals surface area contributed by atoms with Crippen LogP contribution in [0.3, 0.4) is 0 Å². The van der Waals surface area contributed by atoms with Crippen molar-refractivity contribution in [2.75, 3.05) is 20.3 Å². The lowest BCUT2D eigenvalue weighted by molar-refractivity contribution is -0.137. The largest absolute Gasteiger partial charge is 0.508 e. The highest BCUT2D eigenvalue weighted by molar-refractivity contribution is 5.68. The van der Waals surface area contributed by atoms with E-state index in [0.717, 1.165) is 12.2 Å². The van der Waals surface area contributed by atoms with Crippen LogP contribution in [0.2, 0.25) is 0 Å². The van der Waals surface area contributed by atoms with Gasteiger partial charge in [0.05, 0.1) is 19.6 Å². The summed E-state index contributed by atoms with van der Waals surface area (Å²) in [6.45, 7) is 5.71. The van der Waals surface area contributed by atoms with Gasteiger partial charge in [-0.05, 0) is 42.0 Å². The van der Waals surface area contributed by atoms with Gasteiger partial charge in [-0.25, -0.2) is 0 Å². The molecule has 0 aromatic heterocycles. The van der Waals surface area contributed by atoms with Gasteiger partial charge in [0.15, 0.2) is 0 Å². The van der Waals surface area contributed by atoms with Crippen LogP contribution in [0.5, 0.6) is 11.5 Å². The van der Waals surface area contributed by atoms with Gasteiger partial charge in [0.25, 0.3) is 0 Å². The first kappa shape index (κ1) is 21.2. The van der Waals surface area contributed by atoms with Gasteiger partial charge in [-0.15, -0.1) is 0 Å². The number of hydrogen-bond donors (Lipinski definition) is 2. The van der Waals surface area contributed by atoms with E-state index in [9.17, 15) is 4.79 Å². The number of aromatic hydroxyl groups is 1. The molecule has 0 bridgehead atoms. The maximum Gasteiger partial charge on any atom is 0.304 e. The molecule has 2 aromatic rings. The highest BCUT2D eigenvalue weighted by Crippen LogP contribution is 2.37. The van der Waals surface area contributed by atoms with E-state index in [4.69, 9.17) is 19.7 Å². The van der Waals surface area contributed by atoms with E-state index in [2.05, 4.69) is 32.0 Å². The van der Waals surface area contributed by atoms with Crippen molar-refractivity contribution < 1.29 is 24.5 Å². The fourth-order valence-corrected chi connectivity index (χ4v) is 4.34. The molecular formula is C24H30O5. The molecule has 0 saturated heterocycles. The van der Waals surface area contributed by atoms with Crippen molar-refractivity contribution >= 4 is 5.97 Å². The third kappa shape index (κ3) is 4.91. The van der Waals surface area contributed by atoms with Gasteiger partial charge in [-0.3, -0.25) is 4.79 Å². The summed E-state index contributed by atoms with van der Waals surface area (Å²) in [6, 6.07) is 11.5. The lowest BCUT2D eigenvalue weighted by Gasteiger charge is -2.27. The first-order valence-corrected chi connectivity index (χ1v) is 10.1. The number of carbonyl (C=O) groups is 1.